The smallest absolute Gasteiger partial charge is 0.261 e. The Morgan fingerprint density at radius 3 is 3.15 bits per heavy atom. The molecule has 0 saturated carbocycles. The summed E-state index contributed by atoms with van der Waals surface area (Å²) in [6.07, 6.45) is 4.46. The van der Waals surface area contributed by atoms with Gasteiger partial charge in [0, 0.05) is 25.5 Å². The van der Waals surface area contributed by atoms with E-state index in [-0.39, 0.29) is 12.5 Å². The molecule has 0 radical (unpaired) electrons. The van der Waals surface area contributed by atoms with E-state index in [1.807, 2.05) is 16.9 Å². The molecule has 2 aromatic rings. The molecule has 0 aliphatic carbocycles. The van der Waals surface area contributed by atoms with Crippen LogP contribution in [-0.2, 0) is 6.54 Å². The van der Waals surface area contributed by atoms with Crippen LogP contribution in [0.3, 0.4) is 0 Å². The largest absolute Gasteiger partial charge is 0.384 e. The molecular weight excluding hydrogens is 274 g/mol. The summed E-state index contributed by atoms with van der Waals surface area (Å²) >= 11 is 1.32. The minimum absolute atomic E-state index is 0.0903. The number of hydrogen-bond acceptors (Lipinski definition) is 4. The Bertz CT molecular complexity index is 608. The van der Waals surface area contributed by atoms with Crippen molar-refractivity contribution in [3.8, 4) is 11.8 Å². The van der Waals surface area contributed by atoms with Crippen molar-refractivity contribution >= 4 is 17.2 Å². The summed E-state index contributed by atoms with van der Waals surface area (Å²) in [6.45, 7) is 1.21. The molecule has 0 bridgehead atoms. The van der Waals surface area contributed by atoms with Crippen LogP contribution in [0.25, 0.3) is 0 Å². The van der Waals surface area contributed by atoms with Crippen molar-refractivity contribution in [1.82, 2.24) is 15.1 Å². The van der Waals surface area contributed by atoms with Gasteiger partial charge in [0.15, 0.2) is 0 Å². The third kappa shape index (κ3) is 4.23. The van der Waals surface area contributed by atoms with Gasteiger partial charge in [-0.15, -0.1) is 11.3 Å². The number of aromatic nitrogens is 2. The van der Waals surface area contributed by atoms with Crippen LogP contribution in [0.4, 0.5) is 0 Å². The SMILES string of the molecule is O=C(NCCCn1cccn1)c1ccc(C#CCO)s1. The predicted octanol–water partition coefficient (Wildman–Crippen LogP) is 1.11. The van der Waals surface area contributed by atoms with Crippen LogP contribution < -0.4 is 5.32 Å². The highest BCUT2D eigenvalue weighted by molar-refractivity contribution is 7.14. The highest BCUT2D eigenvalue weighted by atomic mass is 32.1. The number of aliphatic hydroxyl groups is 1. The summed E-state index contributed by atoms with van der Waals surface area (Å²) in [6, 6.07) is 5.40. The van der Waals surface area contributed by atoms with Gasteiger partial charge in [0.05, 0.1) is 9.75 Å². The number of nitrogens with zero attached hydrogens (tertiary/aromatic N) is 2. The lowest BCUT2D eigenvalue weighted by Gasteiger charge is -2.03. The highest BCUT2D eigenvalue weighted by Gasteiger charge is 2.07. The lowest BCUT2D eigenvalue weighted by molar-refractivity contribution is 0.0956. The maximum atomic E-state index is 11.9. The number of thiophene rings is 1. The van der Waals surface area contributed by atoms with Crippen molar-refractivity contribution in [1.29, 1.82) is 0 Å². The maximum Gasteiger partial charge on any atom is 0.261 e. The van der Waals surface area contributed by atoms with Crippen molar-refractivity contribution in [3.05, 3.63) is 40.3 Å². The van der Waals surface area contributed by atoms with E-state index in [9.17, 15) is 4.79 Å². The summed E-state index contributed by atoms with van der Waals surface area (Å²) in [7, 11) is 0. The molecule has 5 nitrogen and oxygen atoms in total. The van der Waals surface area contributed by atoms with Crippen molar-refractivity contribution in [2.24, 2.45) is 0 Å². The molecule has 0 spiro atoms. The fourth-order valence-electron chi connectivity index (χ4n) is 1.62. The third-order valence-corrected chi connectivity index (χ3v) is 3.53. The minimum atomic E-state index is -0.174. The van der Waals surface area contributed by atoms with Gasteiger partial charge in [0.1, 0.15) is 6.61 Å². The second-order valence-corrected chi connectivity index (χ2v) is 5.09. The zero-order chi connectivity index (χ0) is 14.2. The molecule has 0 aliphatic heterocycles. The standard InChI is InChI=1S/C14H15N3O2S/c18-11-1-4-12-5-6-13(20-12)14(19)15-7-2-9-17-10-3-8-16-17/h3,5-6,8,10,18H,2,7,9,11H2,(H,15,19). The first kappa shape index (κ1) is 14.3. The molecule has 2 rings (SSSR count). The molecule has 0 unspecified atom stereocenters. The van der Waals surface area contributed by atoms with E-state index in [0.29, 0.717) is 11.4 Å². The molecule has 104 valence electrons. The fourth-order valence-corrected chi connectivity index (χ4v) is 2.41. The first-order valence-corrected chi connectivity index (χ1v) is 7.06. The maximum absolute atomic E-state index is 11.9. The van der Waals surface area contributed by atoms with Crippen LogP contribution in [0.5, 0.6) is 0 Å². The Morgan fingerprint density at radius 2 is 2.40 bits per heavy atom. The Labute approximate surface area is 121 Å². The van der Waals surface area contributed by atoms with Crippen molar-refractivity contribution in [2.75, 3.05) is 13.2 Å². The monoisotopic (exact) mass is 289 g/mol. The van der Waals surface area contributed by atoms with E-state index in [1.54, 1.807) is 18.3 Å². The number of carbonyl (C=O) groups excluding carboxylic acids is 1. The van der Waals surface area contributed by atoms with E-state index in [2.05, 4.69) is 22.3 Å². The van der Waals surface area contributed by atoms with Gasteiger partial charge in [0.2, 0.25) is 0 Å². The molecular formula is C14H15N3O2S. The van der Waals surface area contributed by atoms with Gasteiger partial charge in [-0.25, -0.2) is 0 Å². The lowest BCUT2D eigenvalue weighted by atomic mass is 10.3. The van der Waals surface area contributed by atoms with Crippen molar-refractivity contribution in [2.45, 2.75) is 13.0 Å². The van der Waals surface area contributed by atoms with E-state index in [0.717, 1.165) is 17.8 Å². The topological polar surface area (TPSA) is 67.2 Å². The van der Waals surface area contributed by atoms with Gasteiger partial charge >= 0.3 is 0 Å². The molecule has 20 heavy (non-hydrogen) atoms. The lowest BCUT2D eigenvalue weighted by Crippen LogP contribution is -2.24. The van der Waals surface area contributed by atoms with Crippen LogP contribution >= 0.6 is 11.3 Å². The molecule has 0 atom stereocenters. The second-order valence-electron chi connectivity index (χ2n) is 4.00. The Hall–Kier alpha value is -2.10. The van der Waals surface area contributed by atoms with Crippen LogP contribution in [0.2, 0.25) is 0 Å². The van der Waals surface area contributed by atoms with Gasteiger partial charge in [-0.05, 0) is 24.6 Å². The van der Waals surface area contributed by atoms with Crippen molar-refractivity contribution in [3.63, 3.8) is 0 Å². The zero-order valence-electron chi connectivity index (χ0n) is 10.9. The van der Waals surface area contributed by atoms with E-state index in [4.69, 9.17) is 5.11 Å². The number of amides is 1. The van der Waals surface area contributed by atoms with Crippen molar-refractivity contribution < 1.29 is 9.90 Å². The van der Waals surface area contributed by atoms with Crippen LogP contribution in [0, 0.1) is 11.8 Å². The van der Waals surface area contributed by atoms with E-state index >= 15 is 0 Å². The molecule has 2 heterocycles. The molecule has 1 amide bonds. The average Bonchev–Trinajstić information content (AvgIpc) is 3.12. The summed E-state index contributed by atoms with van der Waals surface area (Å²) in [5.41, 5.74) is 0. The van der Waals surface area contributed by atoms with Crippen LogP contribution in [0.15, 0.2) is 30.6 Å². The first-order valence-electron chi connectivity index (χ1n) is 6.25. The number of aliphatic hydroxyl groups excluding tert-OH is 1. The van der Waals surface area contributed by atoms with Gasteiger partial charge in [-0.3, -0.25) is 9.48 Å². The zero-order valence-corrected chi connectivity index (χ0v) is 11.7. The van der Waals surface area contributed by atoms with Gasteiger partial charge in [0.25, 0.3) is 5.91 Å². The van der Waals surface area contributed by atoms with Crippen LogP contribution in [-0.4, -0.2) is 33.9 Å². The Morgan fingerprint density at radius 1 is 1.50 bits per heavy atom. The molecule has 0 aliphatic rings. The molecule has 2 aromatic heterocycles. The third-order valence-electron chi connectivity index (χ3n) is 2.53. The van der Waals surface area contributed by atoms with Gasteiger partial charge in [-0.2, -0.15) is 5.10 Å². The number of carbonyl (C=O) groups is 1. The predicted molar refractivity (Wildman–Crippen MR) is 77.5 cm³/mol. The number of aryl methyl sites for hydroxylation is 1. The molecule has 2 N–H and O–H groups in total. The molecule has 0 fully saturated rings. The quantitative estimate of drug-likeness (QED) is 0.640. The Balaban J connectivity index is 1.75. The van der Waals surface area contributed by atoms with Gasteiger partial charge in [-0.1, -0.05) is 11.8 Å². The molecule has 0 aromatic carbocycles. The normalized spacial score (nSPS) is 9.85. The highest BCUT2D eigenvalue weighted by Crippen LogP contribution is 2.15. The summed E-state index contributed by atoms with van der Waals surface area (Å²) in [4.78, 5) is 13.3. The Kier molecular flexibility index (Phi) is 5.35. The summed E-state index contributed by atoms with van der Waals surface area (Å²) in [5, 5.41) is 15.6. The molecule has 6 heteroatoms. The van der Waals surface area contributed by atoms with E-state index in [1.165, 1.54) is 11.3 Å². The minimum Gasteiger partial charge on any atom is -0.384 e. The number of hydrogen-bond donors (Lipinski definition) is 2. The number of nitrogens with one attached hydrogen (secondary N) is 1. The fraction of sp³-hybridized carbons (Fsp3) is 0.286. The molecule has 0 saturated heterocycles. The van der Waals surface area contributed by atoms with Crippen LogP contribution in [0.1, 0.15) is 21.0 Å². The first-order chi connectivity index (χ1) is 9.79. The van der Waals surface area contributed by atoms with E-state index < -0.39 is 0 Å². The second kappa shape index (κ2) is 7.48. The number of rotatable bonds is 5. The summed E-state index contributed by atoms with van der Waals surface area (Å²) < 4.78 is 1.83. The van der Waals surface area contributed by atoms with Gasteiger partial charge < -0.3 is 10.4 Å². The average molecular weight is 289 g/mol. The summed E-state index contributed by atoms with van der Waals surface area (Å²) in [5.74, 6) is 5.25.